The molecule has 24 heavy (non-hydrogen) atoms. The van der Waals surface area contributed by atoms with E-state index in [1.807, 2.05) is 25.1 Å². The summed E-state index contributed by atoms with van der Waals surface area (Å²) in [4.78, 5) is 4.01. The predicted octanol–water partition coefficient (Wildman–Crippen LogP) is 4.74. The summed E-state index contributed by atoms with van der Waals surface area (Å²) in [6.45, 7) is 5.97. The van der Waals surface area contributed by atoms with Crippen LogP contribution in [0.2, 0.25) is 0 Å². The van der Waals surface area contributed by atoms with Gasteiger partial charge in [-0.05, 0) is 42.9 Å². The Morgan fingerprint density at radius 2 is 2.04 bits per heavy atom. The minimum absolute atomic E-state index is 0.216. The van der Waals surface area contributed by atoms with Gasteiger partial charge in [-0.25, -0.2) is 9.67 Å². The highest BCUT2D eigenvalue weighted by Crippen LogP contribution is 2.34. The second-order valence-corrected chi connectivity index (χ2v) is 8.22. The lowest BCUT2D eigenvalue weighted by Gasteiger charge is -2.36. The predicted molar refractivity (Wildman–Crippen MR) is 101 cm³/mol. The smallest absolute Gasteiger partial charge is 0.137 e. The van der Waals surface area contributed by atoms with Crippen LogP contribution in [0.3, 0.4) is 0 Å². The number of hydrogen-bond acceptors (Lipinski definition) is 3. The van der Waals surface area contributed by atoms with Gasteiger partial charge in [0.25, 0.3) is 0 Å². The van der Waals surface area contributed by atoms with Gasteiger partial charge < -0.3 is 5.11 Å². The van der Waals surface area contributed by atoms with Crippen LogP contribution in [0.15, 0.2) is 52.5 Å². The molecule has 2 unspecified atom stereocenters. The molecule has 0 aliphatic heterocycles. The molecule has 6 heteroatoms. The van der Waals surface area contributed by atoms with Crippen LogP contribution in [0.5, 0.6) is 0 Å². The van der Waals surface area contributed by atoms with Crippen molar-refractivity contribution in [2.24, 2.45) is 5.41 Å². The molecule has 4 nitrogen and oxygen atoms in total. The normalized spacial score (nSPS) is 15.3. The largest absolute Gasteiger partial charge is 0.390 e. The number of aromatic nitrogens is 3. The standard InChI is InChI=1S/C18H23BrClN3O/c1-13(20)4-9-16(23-12-21-11-22-23)17(24)18(2,3)10-14-5-7-15(19)8-6-14/h4-8,11-12,16-17,24H,9-10H2,1-3H3. The maximum atomic E-state index is 11.1. The van der Waals surface area contributed by atoms with Crippen LogP contribution < -0.4 is 0 Å². The summed E-state index contributed by atoms with van der Waals surface area (Å²) in [7, 11) is 0. The van der Waals surface area contributed by atoms with E-state index >= 15 is 0 Å². The average Bonchev–Trinajstić information content (AvgIpc) is 3.03. The quantitative estimate of drug-likeness (QED) is 0.714. The highest BCUT2D eigenvalue weighted by molar-refractivity contribution is 9.10. The third-order valence-corrected chi connectivity index (χ3v) is 4.84. The van der Waals surface area contributed by atoms with E-state index in [1.165, 1.54) is 11.9 Å². The summed E-state index contributed by atoms with van der Waals surface area (Å²) in [5.74, 6) is 0. The molecule has 0 aliphatic rings. The second kappa shape index (κ2) is 8.28. The van der Waals surface area contributed by atoms with Crippen LogP contribution in [-0.2, 0) is 6.42 Å². The maximum Gasteiger partial charge on any atom is 0.137 e. The van der Waals surface area contributed by atoms with Crippen molar-refractivity contribution in [1.29, 1.82) is 0 Å². The Morgan fingerprint density at radius 1 is 1.38 bits per heavy atom. The number of benzene rings is 1. The van der Waals surface area contributed by atoms with Crippen molar-refractivity contribution in [3.8, 4) is 0 Å². The van der Waals surface area contributed by atoms with Crippen molar-refractivity contribution in [3.63, 3.8) is 0 Å². The van der Waals surface area contributed by atoms with Crippen molar-refractivity contribution in [2.45, 2.75) is 45.8 Å². The first kappa shape index (κ1) is 19.2. The van der Waals surface area contributed by atoms with E-state index in [4.69, 9.17) is 11.6 Å². The van der Waals surface area contributed by atoms with E-state index in [0.29, 0.717) is 11.5 Å². The van der Waals surface area contributed by atoms with Crippen LogP contribution in [0.1, 0.15) is 38.8 Å². The monoisotopic (exact) mass is 411 g/mol. The summed E-state index contributed by atoms with van der Waals surface area (Å²) in [5, 5.41) is 16.0. The number of aliphatic hydroxyl groups excluding tert-OH is 1. The van der Waals surface area contributed by atoms with Crippen molar-refractivity contribution >= 4 is 27.5 Å². The lowest BCUT2D eigenvalue weighted by atomic mass is 9.77. The van der Waals surface area contributed by atoms with Gasteiger partial charge in [-0.15, -0.1) is 0 Å². The molecule has 1 heterocycles. The van der Waals surface area contributed by atoms with Gasteiger partial charge in [0.1, 0.15) is 12.7 Å². The first-order chi connectivity index (χ1) is 11.3. The number of aliphatic hydroxyl groups is 1. The lowest BCUT2D eigenvalue weighted by Crippen LogP contribution is -2.39. The van der Waals surface area contributed by atoms with Gasteiger partial charge in [-0.2, -0.15) is 5.10 Å². The average molecular weight is 413 g/mol. The minimum Gasteiger partial charge on any atom is -0.390 e. The lowest BCUT2D eigenvalue weighted by molar-refractivity contribution is 0.00301. The van der Waals surface area contributed by atoms with Crippen molar-refractivity contribution < 1.29 is 5.11 Å². The molecule has 1 N–H and O–H groups in total. The van der Waals surface area contributed by atoms with E-state index in [2.05, 4.69) is 52.0 Å². The molecule has 0 spiro atoms. The van der Waals surface area contributed by atoms with Crippen LogP contribution in [0.25, 0.3) is 0 Å². The molecule has 0 aliphatic carbocycles. The molecule has 0 saturated carbocycles. The fourth-order valence-electron chi connectivity index (χ4n) is 2.81. The molecule has 2 atom stereocenters. The fourth-order valence-corrected chi connectivity index (χ4v) is 3.16. The highest BCUT2D eigenvalue weighted by Gasteiger charge is 2.35. The fraction of sp³-hybridized carbons (Fsp3) is 0.444. The first-order valence-corrected chi connectivity index (χ1v) is 9.05. The number of hydrogen-bond donors (Lipinski definition) is 1. The minimum atomic E-state index is -0.602. The molecule has 0 bridgehead atoms. The van der Waals surface area contributed by atoms with E-state index in [0.717, 1.165) is 10.9 Å². The van der Waals surface area contributed by atoms with Crippen molar-refractivity contribution in [1.82, 2.24) is 14.8 Å². The summed E-state index contributed by atoms with van der Waals surface area (Å²) in [5.41, 5.74) is 0.849. The van der Waals surface area contributed by atoms with Gasteiger partial charge in [-0.1, -0.05) is 59.6 Å². The summed E-state index contributed by atoms with van der Waals surface area (Å²) < 4.78 is 2.76. The zero-order valence-electron chi connectivity index (χ0n) is 14.2. The number of nitrogens with zero attached hydrogens (tertiary/aromatic N) is 3. The highest BCUT2D eigenvalue weighted by atomic mass is 79.9. The van der Waals surface area contributed by atoms with Crippen LogP contribution in [0, 0.1) is 5.41 Å². The topological polar surface area (TPSA) is 50.9 Å². The van der Waals surface area contributed by atoms with Crippen molar-refractivity contribution in [3.05, 3.63) is 58.1 Å². The molecule has 2 aromatic rings. The Bertz CT molecular complexity index is 664. The molecule has 130 valence electrons. The Hall–Kier alpha value is -1.17. The van der Waals surface area contributed by atoms with E-state index in [9.17, 15) is 5.11 Å². The zero-order chi connectivity index (χ0) is 17.7. The molecule has 0 radical (unpaired) electrons. The molecule has 0 saturated heterocycles. The Kier molecular flexibility index (Phi) is 6.61. The third kappa shape index (κ3) is 5.16. The molecular weight excluding hydrogens is 390 g/mol. The van der Waals surface area contributed by atoms with Crippen LogP contribution in [0.4, 0.5) is 0 Å². The SMILES string of the molecule is CC(Cl)=CCC(C(O)C(C)(C)Cc1ccc(Br)cc1)n1cncn1. The molecule has 2 rings (SSSR count). The van der Waals surface area contributed by atoms with Gasteiger partial charge in [0.15, 0.2) is 0 Å². The van der Waals surface area contributed by atoms with Gasteiger partial charge in [-0.3, -0.25) is 0 Å². The maximum absolute atomic E-state index is 11.1. The van der Waals surface area contributed by atoms with E-state index < -0.39 is 6.10 Å². The Labute approximate surface area is 156 Å². The zero-order valence-corrected chi connectivity index (χ0v) is 16.5. The third-order valence-electron chi connectivity index (χ3n) is 4.16. The van der Waals surface area contributed by atoms with Gasteiger partial charge in [0, 0.05) is 9.51 Å². The summed E-state index contributed by atoms with van der Waals surface area (Å²) in [6.07, 6.45) is 5.79. The number of rotatable bonds is 7. The molecular formula is C18H23BrClN3O. The Balaban J connectivity index is 2.21. The van der Waals surface area contributed by atoms with Crippen LogP contribution in [-0.4, -0.2) is 26.0 Å². The van der Waals surface area contributed by atoms with E-state index in [1.54, 1.807) is 11.0 Å². The first-order valence-electron chi connectivity index (χ1n) is 7.88. The second-order valence-electron chi connectivity index (χ2n) is 6.71. The Morgan fingerprint density at radius 3 is 2.58 bits per heavy atom. The summed E-state index contributed by atoms with van der Waals surface area (Å²) >= 11 is 9.43. The van der Waals surface area contributed by atoms with E-state index in [-0.39, 0.29) is 11.5 Å². The molecule has 1 aromatic carbocycles. The van der Waals surface area contributed by atoms with Gasteiger partial charge in [0.05, 0.1) is 12.1 Å². The van der Waals surface area contributed by atoms with Crippen molar-refractivity contribution in [2.75, 3.05) is 0 Å². The van der Waals surface area contributed by atoms with Crippen LogP contribution >= 0.6 is 27.5 Å². The number of allylic oxidation sites excluding steroid dienone is 2. The van der Waals surface area contributed by atoms with Gasteiger partial charge in [0.2, 0.25) is 0 Å². The van der Waals surface area contributed by atoms with Gasteiger partial charge >= 0.3 is 0 Å². The molecule has 1 aromatic heterocycles. The summed E-state index contributed by atoms with van der Waals surface area (Å²) in [6, 6.07) is 7.97. The molecule has 0 fully saturated rings. The number of halogens is 2. The molecule has 0 amide bonds.